The average molecular weight is 240 g/mol. The highest BCUT2D eigenvalue weighted by molar-refractivity contribution is 5.82. The van der Waals surface area contributed by atoms with Crippen LogP contribution in [0, 0.1) is 5.92 Å². The number of aliphatic carboxylic acids is 1. The van der Waals surface area contributed by atoms with Crippen LogP contribution >= 0.6 is 0 Å². The van der Waals surface area contributed by atoms with Crippen LogP contribution < -0.4 is 0 Å². The topological polar surface area (TPSA) is 60.9 Å². The summed E-state index contributed by atoms with van der Waals surface area (Å²) in [7, 11) is 1.77. The van der Waals surface area contributed by atoms with E-state index >= 15 is 0 Å². The Morgan fingerprint density at radius 1 is 1.29 bits per heavy atom. The molecule has 2 fully saturated rings. The number of likely N-dealkylation sites (tertiary alicyclic amines) is 1. The third kappa shape index (κ3) is 2.90. The molecule has 0 aromatic heterocycles. The SMILES string of the molecule is CN(CC1CC1)C(=O)N1CCCCC1C(=O)O. The van der Waals surface area contributed by atoms with E-state index in [1.807, 2.05) is 0 Å². The monoisotopic (exact) mass is 240 g/mol. The van der Waals surface area contributed by atoms with Crippen molar-refractivity contribution in [1.29, 1.82) is 0 Å². The van der Waals surface area contributed by atoms with Crippen molar-refractivity contribution >= 4 is 12.0 Å². The summed E-state index contributed by atoms with van der Waals surface area (Å²) >= 11 is 0. The van der Waals surface area contributed by atoms with E-state index in [0.29, 0.717) is 18.9 Å². The van der Waals surface area contributed by atoms with Gasteiger partial charge < -0.3 is 14.9 Å². The van der Waals surface area contributed by atoms with Gasteiger partial charge in [0.25, 0.3) is 0 Å². The highest BCUT2D eigenvalue weighted by Crippen LogP contribution is 2.30. The molecule has 96 valence electrons. The van der Waals surface area contributed by atoms with Crippen LogP contribution in [0.15, 0.2) is 0 Å². The lowest BCUT2D eigenvalue weighted by Crippen LogP contribution is -2.52. The second kappa shape index (κ2) is 4.94. The molecule has 1 saturated carbocycles. The van der Waals surface area contributed by atoms with Crippen molar-refractivity contribution in [3.8, 4) is 0 Å². The van der Waals surface area contributed by atoms with Gasteiger partial charge in [0.1, 0.15) is 6.04 Å². The summed E-state index contributed by atoms with van der Waals surface area (Å²) in [4.78, 5) is 26.5. The van der Waals surface area contributed by atoms with Crippen molar-refractivity contribution < 1.29 is 14.7 Å². The van der Waals surface area contributed by atoms with Crippen molar-refractivity contribution in [3.05, 3.63) is 0 Å². The fourth-order valence-corrected chi connectivity index (χ4v) is 2.40. The first-order chi connectivity index (χ1) is 8.09. The Morgan fingerprint density at radius 2 is 2.00 bits per heavy atom. The Labute approximate surface area is 101 Å². The molecular formula is C12H20N2O3. The molecule has 0 aromatic rings. The largest absolute Gasteiger partial charge is 0.480 e. The molecule has 1 N–H and O–H groups in total. The lowest BCUT2D eigenvalue weighted by atomic mass is 10.0. The van der Waals surface area contributed by atoms with E-state index in [1.54, 1.807) is 11.9 Å². The molecular weight excluding hydrogens is 220 g/mol. The molecule has 1 atom stereocenters. The lowest BCUT2D eigenvalue weighted by Gasteiger charge is -2.35. The Kier molecular flexibility index (Phi) is 3.54. The number of amides is 2. The summed E-state index contributed by atoms with van der Waals surface area (Å²) in [5, 5.41) is 9.12. The fourth-order valence-electron chi connectivity index (χ4n) is 2.40. The van der Waals surface area contributed by atoms with Gasteiger partial charge >= 0.3 is 12.0 Å². The number of carbonyl (C=O) groups is 2. The Hall–Kier alpha value is -1.26. The van der Waals surface area contributed by atoms with Gasteiger partial charge in [0.05, 0.1) is 0 Å². The quantitative estimate of drug-likeness (QED) is 0.810. The average Bonchev–Trinajstić information content (AvgIpc) is 3.11. The molecule has 0 aromatic carbocycles. The number of piperidine rings is 1. The first-order valence-electron chi connectivity index (χ1n) is 6.34. The van der Waals surface area contributed by atoms with Crippen LogP contribution in [0.5, 0.6) is 0 Å². The Balaban J connectivity index is 1.96. The molecule has 1 saturated heterocycles. The molecule has 0 bridgehead atoms. The first-order valence-corrected chi connectivity index (χ1v) is 6.34. The lowest BCUT2D eigenvalue weighted by molar-refractivity contribution is -0.143. The molecule has 1 heterocycles. The molecule has 1 aliphatic carbocycles. The van der Waals surface area contributed by atoms with Crippen LogP contribution in [-0.2, 0) is 4.79 Å². The maximum atomic E-state index is 12.2. The number of carboxylic acids is 1. The van der Waals surface area contributed by atoms with Gasteiger partial charge in [-0.25, -0.2) is 9.59 Å². The number of hydrogen-bond acceptors (Lipinski definition) is 2. The molecule has 2 amide bonds. The molecule has 1 unspecified atom stereocenters. The Morgan fingerprint density at radius 3 is 2.59 bits per heavy atom. The zero-order valence-corrected chi connectivity index (χ0v) is 10.3. The van der Waals surface area contributed by atoms with Crippen LogP contribution in [0.3, 0.4) is 0 Å². The van der Waals surface area contributed by atoms with Gasteiger partial charge in [0, 0.05) is 20.1 Å². The molecule has 2 rings (SSSR count). The summed E-state index contributed by atoms with van der Waals surface area (Å²) < 4.78 is 0. The zero-order chi connectivity index (χ0) is 12.4. The van der Waals surface area contributed by atoms with Gasteiger partial charge in [0.15, 0.2) is 0 Å². The van der Waals surface area contributed by atoms with Crippen molar-refractivity contribution in [2.45, 2.75) is 38.1 Å². The predicted molar refractivity (Wildman–Crippen MR) is 62.7 cm³/mol. The molecule has 1 aliphatic heterocycles. The standard InChI is InChI=1S/C12H20N2O3/c1-13(8-9-5-6-9)12(17)14-7-3-2-4-10(14)11(15)16/h9-10H,2-8H2,1H3,(H,15,16). The van der Waals surface area contributed by atoms with Crippen molar-refractivity contribution in [2.75, 3.05) is 20.1 Å². The van der Waals surface area contributed by atoms with Crippen LogP contribution in [0.1, 0.15) is 32.1 Å². The fraction of sp³-hybridized carbons (Fsp3) is 0.833. The molecule has 5 heteroatoms. The number of hydrogen-bond donors (Lipinski definition) is 1. The maximum Gasteiger partial charge on any atom is 0.326 e. The molecule has 0 spiro atoms. The number of carbonyl (C=O) groups excluding carboxylic acids is 1. The summed E-state index contributed by atoms with van der Waals surface area (Å²) in [6.45, 7) is 1.34. The predicted octanol–water partition coefficient (Wildman–Crippen LogP) is 1.39. The third-order valence-corrected chi connectivity index (χ3v) is 3.59. The molecule has 0 radical (unpaired) electrons. The van der Waals surface area contributed by atoms with E-state index < -0.39 is 12.0 Å². The second-order valence-corrected chi connectivity index (χ2v) is 5.15. The van der Waals surface area contributed by atoms with Crippen molar-refractivity contribution in [2.24, 2.45) is 5.92 Å². The summed E-state index contributed by atoms with van der Waals surface area (Å²) in [6.07, 6.45) is 4.78. The molecule has 17 heavy (non-hydrogen) atoms. The van der Waals surface area contributed by atoms with Crippen molar-refractivity contribution in [1.82, 2.24) is 9.80 Å². The van der Waals surface area contributed by atoms with E-state index in [2.05, 4.69) is 0 Å². The third-order valence-electron chi connectivity index (χ3n) is 3.59. The van der Waals surface area contributed by atoms with Gasteiger partial charge in [-0.3, -0.25) is 0 Å². The van der Waals surface area contributed by atoms with Crippen molar-refractivity contribution in [3.63, 3.8) is 0 Å². The highest BCUT2D eigenvalue weighted by atomic mass is 16.4. The first kappa shape index (κ1) is 12.2. The zero-order valence-electron chi connectivity index (χ0n) is 10.3. The second-order valence-electron chi connectivity index (χ2n) is 5.15. The van der Waals surface area contributed by atoms with Gasteiger partial charge in [-0.2, -0.15) is 0 Å². The van der Waals surface area contributed by atoms with E-state index in [9.17, 15) is 9.59 Å². The minimum atomic E-state index is -0.877. The Bertz CT molecular complexity index is 315. The smallest absolute Gasteiger partial charge is 0.326 e. The summed E-state index contributed by atoms with van der Waals surface area (Å²) in [5.41, 5.74) is 0. The van der Waals surface area contributed by atoms with Crippen LogP contribution in [-0.4, -0.2) is 53.1 Å². The molecule has 2 aliphatic rings. The molecule has 5 nitrogen and oxygen atoms in total. The van der Waals surface area contributed by atoms with E-state index in [-0.39, 0.29) is 6.03 Å². The normalized spacial score (nSPS) is 24.5. The minimum Gasteiger partial charge on any atom is -0.480 e. The van der Waals surface area contributed by atoms with E-state index in [4.69, 9.17) is 5.11 Å². The minimum absolute atomic E-state index is 0.121. The highest BCUT2D eigenvalue weighted by Gasteiger charge is 2.34. The van der Waals surface area contributed by atoms with Crippen LogP contribution in [0.2, 0.25) is 0 Å². The maximum absolute atomic E-state index is 12.2. The number of carboxylic acid groups (broad SMARTS) is 1. The summed E-state index contributed by atoms with van der Waals surface area (Å²) in [5.74, 6) is -0.241. The van der Waals surface area contributed by atoms with Gasteiger partial charge in [-0.1, -0.05) is 0 Å². The van der Waals surface area contributed by atoms with Crippen LogP contribution in [0.25, 0.3) is 0 Å². The van der Waals surface area contributed by atoms with E-state index in [1.165, 1.54) is 17.7 Å². The number of urea groups is 1. The van der Waals surface area contributed by atoms with Gasteiger partial charge in [-0.05, 0) is 38.0 Å². The van der Waals surface area contributed by atoms with Gasteiger partial charge in [-0.15, -0.1) is 0 Å². The number of nitrogens with zero attached hydrogens (tertiary/aromatic N) is 2. The summed E-state index contributed by atoms with van der Waals surface area (Å²) in [6, 6.07) is -0.748. The van der Waals surface area contributed by atoms with E-state index in [0.717, 1.165) is 19.4 Å². The van der Waals surface area contributed by atoms with Gasteiger partial charge in [0.2, 0.25) is 0 Å². The number of rotatable bonds is 3. The van der Waals surface area contributed by atoms with Crippen LogP contribution in [0.4, 0.5) is 4.79 Å².